The van der Waals surface area contributed by atoms with Crippen LogP contribution in [-0.2, 0) is 0 Å². The fourth-order valence-corrected chi connectivity index (χ4v) is 1.90. The topological polar surface area (TPSA) is 55.1 Å². The third-order valence-electron chi connectivity index (χ3n) is 3.02. The van der Waals surface area contributed by atoms with E-state index in [0.29, 0.717) is 17.8 Å². The van der Waals surface area contributed by atoms with Crippen LogP contribution >= 0.6 is 0 Å². The van der Waals surface area contributed by atoms with E-state index in [1.807, 2.05) is 0 Å². The lowest BCUT2D eigenvalue weighted by molar-refractivity contribution is 0.0931. The highest BCUT2D eigenvalue weighted by Gasteiger charge is 2.20. The second-order valence-corrected chi connectivity index (χ2v) is 4.61. The van der Waals surface area contributed by atoms with Crippen molar-refractivity contribution in [2.45, 2.75) is 13.0 Å². The molecular weight excluding hydrogens is 281 g/mol. The summed E-state index contributed by atoms with van der Waals surface area (Å²) in [6.07, 6.45) is 0. The first-order valence-corrected chi connectivity index (χ1v) is 6.19. The first kappa shape index (κ1) is 14.9. The van der Waals surface area contributed by atoms with Crippen molar-refractivity contribution < 1.29 is 18.0 Å². The molecule has 2 rings (SSSR count). The summed E-state index contributed by atoms with van der Waals surface area (Å²) in [5, 5.41) is 2.45. The molecule has 0 fully saturated rings. The van der Waals surface area contributed by atoms with Crippen molar-refractivity contribution in [2.24, 2.45) is 0 Å². The van der Waals surface area contributed by atoms with Gasteiger partial charge in [0.25, 0.3) is 5.91 Å². The predicted molar refractivity (Wildman–Crippen MR) is 73.1 cm³/mol. The van der Waals surface area contributed by atoms with E-state index in [2.05, 4.69) is 5.32 Å². The van der Waals surface area contributed by atoms with Crippen LogP contribution in [0.4, 0.5) is 18.9 Å². The highest BCUT2D eigenvalue weighted by atomic mass is 19.1. The first-order chi connectivity index (χ1) is 9.88. The van der Waals surface area contributed by atoms with Crippen molar-refractivity contribution in [2.75, 3.05) is 5.73 Å². The second-order valence-electron chi connectivity index (χ2n) is 4.61. The molecule has 6 heteroatoms. The van der Waals surface area contributed by atoms with Crippen molar-refractivity contribution in [3.05, 3.63) is 65.0 Å². The Balaban J connectivity index is 2.20. The number of benzene rings is 2. The zero-order chi connectivity index (χ0) is 15.6. The molecule has 0 saturated carbocycles. The minimum absolute atomic E-state index is 0.464. The van der Waals surface area contributed by atoms with Gasteiger partial charge in [0.2, 0.25) is 0 Å². The molecule has 2 aromatic carbocycles. The number of halogens is 3. The summed E-state index contributed by atoms with van der Waals surface area (Å²) < 4.78 is 39.8. The van der Waals surface area contributed by atoms with E-state index in [0.717, 1.165) is 5.56 Å². The van der Waals surface area contributed by atoms with Crippen LogP contribution in [0.15, 0.2) is 36.4 Å². The summed E-state index contributed by atoms with van der Waals surface area (Å²) in [4.78, 5) is 11.9. The number of hydrogen-bond acceptors (Lipinski definition) is 2. The number of hydrogen-bond donors (Lipinski definition) is 2. The highest BCUT2D eigenvalue weighted by molar-refractivity contribution is 5.95. The van der Waals surface area contributed by atoms with E-state index >= 15 is 0 Å². The maximum absolute atomic E-state index is 13.5. The van der Waals surface area contributed by atoms with Crippen molar-refractivity contribution in [3.63, 3.8) is 0 Å². The van der Waals surface area contributed by atoms with Gasteiger partial charge in [-0.15, -0.1) is 0 Å². The summed E-state index contributed by atoms with van der Waals surface area (Å²) in [6.45, 7) is 1.66. The molecule has 0 radical (unpaired) electrons. The molecular formula is C15H13F3N2O. The molecule has 3 nitrogen and oxygen atoms in total. The molecule has 1 unspecified atom stereocenters. The average molecular weight is 294 g/mol. The average Bonchev–Trinajstić information content (AvgIpc) is 2.37. The Labute approximate surface area is 119 Å². The van der Waals surface area contributed by atoms with Gasteiger partial charge in [0.15, 0.2) is 0 Å². The molecule has 0 bridgehead atoms. The number of carbonyl (C=O) groups excluding carboxylic acids is 1. The maximum Gasteiger partial charge on any atom is 0.257 e. The highest BCUT2D eigenvalue weighted by Crippen LogP contribution is 2.18. The molecule has 110 valence electrons. The van der Waals surface area contributed by atoms with Crippen molar-refractivity contribution in [3.8, 4) is 0 Å². The van der Waals surface area contributed by atoms with Crippen LogP contribution in [-0.4, -0.2) is 5.91 Å². The fraction of sp³-hybridized carbons (Fsp3) is 0.133. The normalized spacial score (nSPS) is 12.0. The van der Waals surface area contributed by atoms with E-state index in [1.54, 1.807) is 31.2 Å². The van der Waals surface area contributed by atoms with Gasteiger partial charge in [-0.3, -0.25) is 4.79 Å². The van der Waals surface area contributed by atoms with Gasteiger partial charge in [0.05, 0.1) is 6.04 Å². The lowest BCUT2D eigenvalue weighted by Crippen LogP contribution is -2.28. The summed E-state index contributed by atoms with van der Waals surface area (Å²) in [5.41, 5.74) is 6.03. The molecule has 0 aliphatic rings. The molecule has 21 heavy (non-hydrogen) atoms. The number of rotatable bonds is 3. The molecule has 0 aromatic heterocycles. The Morgan fingerprint density at radius 2 is 1.62 bits per heavy atom. The zero-order valence-electron chi connectivity index (χ0n) is 11.2. The summed E-state index contributed by atoms with van der Waals surface area (Å²) in [6, 6.07) is 7.13. The number of nitrogens with two attached hydrogens (primary N) is 1. The Kier molecular flexibility index (Phi) is 4.16. The summed E-state index contributed by atoms with van der Waals surface area (Å²) >= 11 is 0. The van der Waals surface area contributed by atoms with Gasteiger partial charge < -0.3 is 11.1 Å². The molecule has 1 amide bonds. The number of carbonyl (C=O) groups is 1. The largest absolute Gasteiger partial charge is 0.399 e. The van der Waals surface area contributed by atoms with Gasteiger partial charge in [-0.05, 0) is 24.6 Å². The number of amides is 1. The van der Waals surface area contributed by atoms with Crippen molar-refractivity contribution in [1.82, 2.24) is 5.32 Å². The smallest absolute Gasteiger partial charge is 0.257 e. The number of nitrogen functional groups attached to an aromatic ring is 1. The standard InChI is InChI=1S/C15H13F3N2O/c1-8(9-2-4-11(19)5-3-9)20-15(21)14-12(17)6-10(16)7-13(14)18/h2-8H,19H2,1H3,(H,20,21). The van der Waals surface area contributed by atoms with Gasteiger partial charge in [-0.1, -0.05) is 12.1 Å². The van der Waals surface area contributed by atoms with Crippen LogP contribution in [0, 0.1) is 17.5 Å². The predicted octanol–water partition coefficient (Wildman–Crippen LogP) is 3.18. The third-order valence-corrected chi connectivity index (χ3v) is 3.02. The van der Waals surface area contributed by atoms with Gasteiger partial charge in [-0.2, -0.15) is 0 Å². The van der Waals surface area contributed by atoms with E-state index < -0.39 is 35.0 Å². The Morgan fingerprint density at radius 3 is 2.14 bits per heavy atom. The van der Waals surface area contributed by atoms with Crippen LogP contribution in [0.5, 0.6) is 0 Å². The molecule has 2 aromatic rings. The summed E-state index contributed by atoms with van der Waals surface area (Å²) in [5.74, 6) is -4.51. The molecule has 3 N–H and O–H groups in total. The van der Waals surface area contributed by atoms with Gasteiger partial charge in [-0.25, -0.2) is 13.2 Å². The van der Waals surface area contributed by atoms with E-state index in [4.69, 9.17) is 5.73 Å². The van der Waals surface area contributed by atoms with Crippen molar-refractivity contribution in [1.29, 1.82) is 0 Å². The Hall–Kier alpha value is -2.50. The van der Waals surface area contributed by atoms with Crippen LogP contribution in [0.3, 0.4) is 0 Å². The Morgan fingerprint density at radius 1 is 1.10 bits per heavy atom. The SMILES string of the molecule is CC(NC(=O)c1c(F)cc(F)cc1F)c1ccc(N)cc1. The molecule has 0 aliphatic heterocycles. The first-order valence-electron chi connectivity index (χ1n) is 6.19. The molecule has 0 heterocycles. The van der Waals surface area contributed by atoms with Gasteiger partial charge >= 0.3 is 0 Å². The van der Waals surface area contributed by atoms with E-state index in [-0.39, 0.29) is 0 Å². The second kappa shape index (κ2) is 5.87. The minimum atomic E-state index is -1.24. The van der Waals surface area contributed by atoms with E-state index in [9.17, 15) is 18.0 Å². The number of anilines is 1. The lowest BCUT2D eigenvalue weighted by atomic mass is 10.1. The fourth-order valence-electron chi connectivity index (χ4n) is 1.90. The minimum Gasteiger partial charge on any atom is -0.399 e. The van der Waals surface area contributed by atoms with Crippen molar-refractivity contribution >= 4 is 11.6 Å². The van der Waals surface area contributed by atoms with Crippen LogP contribution < -0.4 is 11.1 Å². The maximum atomic E-state index is 13.5. The monoisotopic (exact) mass is 294 g/mol. The number of nitrogens with one attached hydrogen (secondary N) is 1. The lowest BCUT2D eigenvalue weighted by Gasteiger charge is -2.15. The Bertz CT molecular complexity index is 648. The van der Waals surface area contributed by atoms with Crippen LogP contribution in [0.2, 0.25) is 0 Å². The zero-order valence-corrected chi connectivity index (χ0v) is 11.2. The summed E-state index contributed by atoms with van der Waals surface area (Å²) in [7, 11) is 0. The molecule has 0 aliphatic carbocycles. The molecule has 0 saturated heterocycles. The molecule has 0 spiro atoms. The molecule has 1 atom stereocenters. The van der Waals surface area contributed by atoms with Crippen LogP contribution in [0.25, 0.3) is 0 Å². The third kappa shape index (κ3) is 3.34. The quantitative estimate of drug-likeness (QED) is 0.854. The van der Waals surface area contributed by atoms with E-state index in [1.165, 1.54) is 0 Å². The van der Waals surface area contributed by atoms with Gasteiger partial charge in [0.1, 0.15) is 23.0 Å². The van der Waals surface area contributed by atoms with Gasteiger partial charge in [0, 0.05) is 17.8 Å². The van der Waals surface area contributed by atoms with Crippen LogP contribution in [0.1, 0.15) is 28.9 Å².